The van der Waals surface area contributed by atoms with Gasteiger partial charge in [-0.3, -0.25) is 4.79 Å². The Balaban J connectivity index is 2.77. The van der Waals surface area contributed by atoms with Crippen molar-refractivity contribution in [1.29, 1.82) is 0 Å². The fourth-order valence-electron chi connectivity index (χ4n) is 2.06. The fourth-order valence-corrected chi connectivity index (χ4v) is 2.06. The first-order chi connectivity index (χ1) is 7.91. The summed E-state index contributed by atoms with van der Waals surface area (Å²) < 4.78 is 0. The number of hydrogen-bond donors (Lipinski definition) is 2. The number of benzene rings is 1. The predicted octanol–water partition coefficient (Wildman–Crippen LogP) is 2.74. The first kappa shape index (κ1) is 13.6. The molecule has 1 amide bonds. The van der Waals surface area contributed by atoms with Crippen molar-refractivity contribution in [2.75, 3.05) is 5.73 Å². The van der Waals surface area contributed by atoms with Gasteiger partial charge in [0, 0.05) is 11.7 Å². The molecule has 0 bridgehead atoms. The van der Waals surface area contributed by atoms with E-state index in [0.717, 1.165) is 12.0 Å². The zero-order chi connectivity index (χ0) is 13.0. The number of carbonyl (C=O) groups excluding carboxylic acids is 1. The van der Waals surface area contributed by atoms with Crippen LogP contribution in [-0.2, 0) is 0 Å². The lowest BCUT2D eigenvalue weighted by atomic mass is 10.0. The zero-order valence-electron chi connectivity index (χ0n) is 11.1. The molecule has 1 rings (SSSR count). The minimum atomic E-state index is -0.0752. The first-order valence-corrected chi connectivity index (χ1v) is 6.07. The third-order valence-electron chi connectivity index (χ3n) is 2.73. The Hall–Kier alpha value is -1.51. The van der Waals surface area contributed by atoms with Crippen LogP contribution in [0.15, 0.2) is 18.2 Å². The van der Waals surface area contributed by atoms with E-state index >= 15 is 0 Å². The van der Waals surface area contributed by atoms with Gasteiger partial charge in [-0.05, 0) is 37.8 Å². The van der Waals surface area contributed by atoms with Crippen LogP contribution in [0.25, 0.3) is 0 Å². The molecule has 0 spiro atoms. The molecule has 0 aliphatic rings. The maximum absolute atomic E-state index is 12.1. The van der Waals surface area contributed by atoms with E-state index in [9.17, 15) is 4.79 Å². The molecule has 3 N–H and O–H groups in total. The van der Waals surface area contributed by atoms with Gasteiger partial charge in [-0.25, -0.2) is 0 Å². The van der Waals surface area contributed by atoms with E-state index in [1.165, 1.54) is 0 Å². The topological polar surface area (TPSA) is 55.1 Å². The summed E-state index contributed by atoms with van der Waals surface area (Å²) >= 11 is 0. The fraction of sp³-hybridized carbons (Fsp3) is 0.500. The van der Waals surface area contributed by atoms with Crippen molar-refractivity contribution < 1.29 is 4.79 Å². The summed E-state index contributed by atoms with van der Waals surface area (Å²) in [6.07, 6.45) is 0.970. The smallest absolute Gasteiger partial charge is 0.253 e. The van der Waals surface area contributed by atoms with E-state index in [1.54, 1.807) is 6.07 Å². The Labute approximate surface area is 103 Å². The molecule has 3 nitrogen and oxygen atoms in total. The summed E-state index contributed by atoms with van der Waals surface area (Å²) in [5, 5.41) is 2.99. The van der Waals surface area contributed by atoms with Gasteiger partial charge < -0.3 is 11.1 Å². The zero-order valence-corrected chi connectivity index (χ0v) is 11.1. The monoisotopic (exact) mass is 234 g/mol. The lowest BCUT2D eigenvalue weighted by molar-refractivity contribution is 0.0936. The second-order valence-corrected chi connectivity index (χ2v) is 5.04. The molecule has 0 fully saturated rings. The number of rotatable bonds is 4. The molecule has 1 unspecified atom stereocenters. The van der Waals surface area contributed by atoms with Crippen LogP contribution in [0.1, 0.15) is 43.1 Å². The van der Waals surface area contributed by atoms with Crippen LogP contribution in [0.4, 0.5) is 5.69 Å². The summed E-state index contributed by atoms with van der Waals surface area (Å²) in [7, 11) is 0. The van der Waals surface area contributed by atoms with Gasteiger partial charge in [0.15, 0.2) is 0 Å². The average Bonchev–Trinajstić information content (AvgIpc) is 2.15. The number of anilines is 1. The molecule has 0 aliphatic heterocycles. The predicted molar refractivity (Wildman–Crippen MR) is 72.0 cm³/mol. The van der Waals surface area contributed by atoms with Crippen LogP contribution >= 0.6 is 0 Å². The second-order valence-electron chi connectivity index (χ2n) is 5.04. The van der Waals surface area contributed by atoms with Gasteiger partial charge in [0.05, 0.1) is 5.56 Å². The van der Waals surface area contributed by atoms with Crippen molar-refractivity contribution in [3.63, 3.8) is 0 Å². The number of aryl methyl sites for hydroxylation is 1. The van der Waals surface area contributed by atoms with Gasteiger partial charge >= 0.3 is 0 Å². The van der Waals surface area contributed by atoms with Gasteiger partial charge in [0.1, 0.15) is 0 Å². The Bertz CT molecular complexity index is 379. The third-order valence-corrected chi connectivity index (χ3v) is 2.73. The highest BCUT2D eigenvalue weighted by atomic mass is 16.1. The van der Waals surface area contributed by atoms with Crippen LogP contribution in [-0.4, -0.2) is 11.9 Å². The third kappa shape index (κ3) is 3.77. The molecule has 0 heterocycles. The van der Waals surface area contributed by atoms with Gasteiger partial charge in [0.2, 0.25) is 0 Å². The molecular formula is C14H22N2O. The van der Waals surface area contributed by atoms with E-state index in [2.05, 4.69) is 19.2 Å². The molecule has 0 saturated heterocycles. The quantitative estimate of drug-likeness (QED) is 0.787. The van der Waals surface area contributed by atoms with Gasteiger partial charge in [-0.15, -0.1) is 0 Å². The number of hydrogen-bond acceptors (Lipinski definition) is 2. The molecule has 1 atom stereocenters. The minimum Gasteiger partial charge on any atom is -0.398 e. The molecular weight excluding hydrogens is 212 g/mol. The summed E-state index contributed by atoms with van der Waals surface area (Å²) in [5.41, 5.74) is 7.90. The lowest BCUT2D eigenvalue weighted by Crippen LogP contribution is -2.34. The van der Waals surface area contributed by atoms with Gasteiger partial charge in [0.25, 0.3) is 5.91 Å². The van der Waals surface area contributed by atoms with Crippen molar-refractivity contribution in [1.82, 2.24) is 5.32 Å². The molecule has 94 valence electrons. The Morgan fingerprint density at radius 1 is 1.35 bits per heavy atom. The number of nitrogens with one attached hydrogen (secondary N) is 1. The first-order valence-electron chi connectivity index (χ1n) is 6.07. The van der Waals surface area contributed by atoms with Crippen molar-refractivity contribution in [2.24, 2.45) is 5.92 Å². The van der Waals surface area contributed by atoms with Crippen molar-refractivity contribution >= 4 is 11.6 Å². The number of nitrogens with two attached hydrogens (primary N) is 1. The molecule has 1 aromatic carbocycles. The number of nitrogen functional groups attached to an aromatic ring is 1. The van der Waals surface area contributed by atoms with Crippen molar-refractivity contribution in [2.45, 2.75) is 40.2 Å². The van der Waals surface area contributed by atoms with Crippen LogP contribution in [0.2, 0.25) is 0 Å². The van der Waals surface area contributed by atoms with Crippen LogP contribution < -0.4 is 11.1 Å². The highest BCUT2D eigenvalue weighted by Gasteiger charge is 2.15. The Morgan fingerprint density at radius 3 is 2.53 bits per heavy atom. The average molecular weight is 234 g/mol. The molecule has 3 heteroatoms. The summed E-state index contributed by atoms with van der Waals surface area (Å²) in [4.78, 5) is 12.1. The summed E-state index contributed by atoms with van der Waals surface area (Å²) in [5.74, 6) is 0.494. The number of carbonyl (C=O) groups is 1. The van der Waals surface area contributed by atoms with E-state index in [4.69, 9.17) is 5.73 Å². The van der Waals surface area contributed by atoms with E-state index < -0.39 is 0 Å². The van der Waals surface area contributed by atoms with E-state index in [1.807, 2.05) is 26.0 Å². The summed E-state index contributed by atoms with van der Waals surface area (Å²) in [6.45, 7) is 8.21. The summed E-state index contributed by atoms with van der Waals surface area (Å²) in [6, 6.07) is 5.69. The normalized spacial score (nSPS) is 12.5. The van der Waals surface area contributed by atoms with Gasteiger partial charge in [-0.2, -0.15) is 0 Å². The van der Waals surface area contributed by atoms with E-state index in [-0.39, 0.29) is 11.9 Å². The van der Waals surface area contributed by atoms with Crippen LogP contribution in [0.3, 0.4) is 0 Å². The second kappa shape index (κ2) is 5.71. The largest absolute Gasteiger partial charge is 0.398 e. The molecule has 0 saturated carbocycles. The minimum absolute atomic E-state index is 0.0752. The highest BCUT2D eigenvalue weighted by Crippen LogP contribution is 2.16. The Kier molecular flexibility index (Phi) is 4.55. The van der Waals surface area contributed by atoms with Gasteiger partial charge in [-0.1, -0.05) is 26.0 Å². The lowest BCUT2D eigenvalue weighted by Gasteiger charge is -2.17. The van der Waals surface area contributed by atoms with Crippen molar-refractivity contribution in [3.8, 4) is 0 Å². The van der Waals surface area contributed by atoms with Crippen molar-refractivity contribution in [3.05, 3.63) is 29.3 Å². The maximum Gasteiger partial charge on any atom is 0.253 e. The molecule has 0 aromatic heterocycles. The maximum atomic E-state index is 12.1. The molecule has 0 radical (unpaired) electrons. The standard InChI is InChI=1S/C14H22N2O/c1-9(2)8-11(4)16-14(17)13-10(3)6-5-7-12(13)15/h5-7,9,11H,8,15H2,1-4H3,(H,16,17). The Morgan fingerprint density at radius 2 is 2.00 bits per heavy atom. The molecule has 1 aromatic rings. The van der Waals surface area contributed by atoms with E-state index in [0.29, 0.717) is 17.2 Å². The highest BCUT2D eigenvalue weighted by molar-refractivity contribution is 6.00. The number of amides is 1. The van der Waals surface area contributed by atoms with Crippen LogP contribution in [0.5, 0.6) is 0 Å². The molecule has 17 heavy (non-hydrogen) atoms. The molecule has 0 aliphatic carbocycles. The van der Waals surface area contributed by atoms with Crippen LogP contribution in [0, 0.1) is 12.8 Å². The SMILES string of the molecule is Cc1cccc(N)c1C(=O)NC(C)CC(C)C.